The minimum atomic E-state index is 0.714. The van der Waals surface area contributed by atoms with E-state index in [2.05, 4.69) is 39.7 Å². The minimum absolute atomic E-state index is 0.714. The van der Waals surface area contributed by atoms with E-state index in [1.165, 1.54) is 0 Å². The third-order valence-corrected chi connectivity index (χ3v) is 2.79. The molecule has 0 fully saturated rings. The lowest BCUT2D eigenvalue weighted by Crippen LogP contribution is -2.26. The Morgan fingerprint density at radius 3 is 2.40 bits per heavy atom. The van der Waals surface area contributed by atoms with Crippen molar-refractivity contribution in [2.24, 2.45) is 0 Å². The topological polar surface area (TPSA) is 16.1 Å². The first-order valence-electron chi connectivity index (χ1n) is 5.25. The van der Waals surface area contributed by atoms with E-state index in [0.29, 0.717) is 5.02 Å². The van der Waals surface area contributed by atoms with Gasteiger partial charge in [-0.2, -0.15) is 0 Å². The third kappa shape index (κ3) is 3.65. The van der Waals surface area contributed by atoms with Crippen LogP contribution in [0, 0.1) is 0 Å². The Bertz CT molecular complexity index is 311. The molecule has 1 aromatic rings. The molecule has 2 nitrogen and oxygen atoms in total. The highest BCUT2D eigenvalue weighted by Gasteiger charge is 2.10. The molecule has 84 valence electrons. The average Bonchev–Trinajstić information content (AvgIpc) is 2.17. The molecule has 0 N–H and O–H groups in total. The van der Waals surface area contributed by atoms with E-state index >= 15 is 0 Å². The van der Waals surface area contributed by atoms with Crippen molar-refractivity contribution in [1.82, 2.24) is 4.98 Å². The van der Waals surface area contributed by atoms with E-state index in [4.69, 9.17) is 11.6 Å². The lowest BCUT2D eigenvalue weighted by molar-refractivity contribution is 0.734. The highest BCUT2D eigenvalue weighted by molar-refractivity contribution is 9.10. The van der Waals surface area contributed by atoms with Gasteiger partial charge in [0.05, 0.1) is 5.02 Å². The molecule has 0 unspecified atom stereocenters. The Hall–Kier alpha value is -0.280. The fraction of sp³-hybridized carbons (Fsp3) is 0.545. The summed E-state index contributed by atoms with van der Waals surface area (Å²) < 4.78 is 0.921. The van der Waals surface area contributed by atoms with Crippen LogP contribution < -0.4 is 4.90 Å². The number of halogens is 2. The second-order valence-corrected chi connectivity index (χ2v) is 4.77. The average molecular weight is 292 g/mol. The van der Waals surface area contributed by atoms with Crippen molar-refractivity contribution < 1.29 is 0 Å². The van der Waals surface area contributed by atoms with Gasteiger partial charge in [-0.1, -0.05) is 25.4 Å². The second-order valence-electron chi connectivity index (χ2n) is 3.45. The van der Waals surface area contributed by atoms with Gasteiger partial charge in [0.1, 0.15) is 5.82 Å². The summed E-state index contributed by atoms with van der Waals surface area (Å²) in [5.41, 5.74) is 0. The molecule has 0 saturated heterocycles. The fourth-order valence-electron chi connectivity index (χ4n) is 1.50. The number of aromatic nitrogens is 1. The van der Waals surface area contributed by atoms with Crippen LogP contribution in [-0.2, 0) is 0 Å². The minimum Gasteiger partial charge on any atom is -0.355 e. The standard InChI is InChI=1S/C11H16BrClN2/c1-3-5-15(6-4-2)11-10(13)7-9(12)8-14-11/h7-8H,3-6H2,1-2H3. The molecule has 0 aliphatic carbocycles. The van der Waals surface area contributed by atoms with Crippen LogP contribution in [0.5, 0.6) is 0 Å². The van der Waals surface area contributed by atoms with Crippen LogP contribution in [0.1, 0.15) is 26.7 Å². The summed E-state index contributed by atoms with van der Waals surface area (Å²) in [5, 5.41) is 0.714. The highest BCUT2D eigenvalue weighted by Crippen LogP contribution is 2.26. The second kappa shape index (κ2) is 6.33. The maximum Gasteiger partial charge on any atom is 0.147 e. The van der Waals surface area contributed by atoms with E-state index < -0.39 is 0 Å². The number of anilines is 1. The van der Waals surface area contributed by atoms with Gasteiger partial charge in [0.2, 0.25) is 0 Å². The molecular formula is C11H16BrClN2. The van der Waals surface area contributed by atoms with Gasteiger partial charge in [-0.05, 0) is 34.8 Å². The monoisotopic (exact) mass is 290 g/mol. The van der Waals surface area contributed by atoms with Crippen molar-refractivity contribution >= 4 is 33.3 Å². The van der Waals surface area contributed by atoms with Crippen molar-refractivity contribution in [1.29, 1.82) is 0 Å². The van der Waals surface area contributed by atoms with E-state index in [1.807, 2.05) is 6.07 Å². The van der Waals surface area contributed by atoms with Crippen molar-refractivity contribution in [3.05, 3.63) is 21.8 Å². The first-order chi connectivity index (χ1) is 7.19. The summed E-state index contributed by atoms with van der Waals surface area (Å²) in [4.78, 5) is 6.59. The zero-order valence-corrected chi connectivity index (χ0v) is 11.5. The van der Waals surface area contributed by atoms with Gasteiger partial charge < -0.3 is 4.90 Å². The van der Waals surface area contributed by atoms with Crippen LogP contribution in [-0.4, -0.2) is 18.1 Å². The molecule has 0 bridgehead atoms. The summed E-state index contributed by atoms with van der Waals surface area (Å²) in [6, 6.07) is 1.89. The van der Waals surface area contributed by atoms with Gasteiger partial charge in [-0.3, -0.25) is 0 Å². The zero-order chi connectivity index (χ0) is 11.3. The van der Waals surface area contributed by atoms with Crippen molar-refractivity contribution in [3.63, 3.8) is 0 Å². The number of hydrogen-bond donors (Lipinski definition) is 0. The molecule has 1 rings (SSSR count). The van der Waals surface area contributed by atoms with Crippen LogP contribution in [0.2, 0.25) is 5.02 Å². The predicted molar refractivity (Wildman–Crippen MR) is 69.7 cm³/mol. The first kappa shape index (κ1) is 12.8. The summed E-state index contributed by atoms with van der Waals surface area (Å²) in [7, 11) is 0. The zero-order valence-electron chi connectivity index (χ0n) is 9.13. The predicted octanol–water partition coefficient (Wildman–Crippen LogP) is 4.12. The molecule has 0 atom stereocenters. The normalized spacial score (nSPS) is 10.4. The molecule has 0 aliphatic rings. The molecule has 15 heavy (non-hydrogen) atoms. The first-order valence-corrected chi connectivity index (χ1v) is 6.42. The Kier molecular flexibility index (Phi) is 5.40. The Morgan fingerprint density at radius 1 is 1.33 bits per heavy atom. The Labute approximate surface area is 105 Å². The van der Waals surface area contributed by atoms with Crippen LogP contribution in [0.3, 0.4) is 0 Å². The van der Waals surface area contributed by atoms with E-state index in [1.54, 1.807) is 6.20 Å². The largest absolute Gasteiger partial charge is 0.355 e. The maximum absolute atomic E-state index is 6.16. The van der Waals surface area contributed by atoms with Crippen LogP contribution in [0.15, 0.2) is 16.7 Å². The fourth-order valence-corrected chi connectivity index (χ4v) is 2.25. The summed E-state index contributed by atoms with van der Waals surface area (Å²) in [6.45, 7) is 6.33. The van der Waals surface area contributed by atoms with Gasteiger partial charge in [-0.25, -0.2) is 4.98 Å². The smallest absolute Gasteiger partial charge is 0.147 e. The number of nitrogens with zero attached hydrogens (tertiary/aromatic N) is 2. The Morgan fingerprint density at radius 2 is 1.93 bits per heavy atom. The molecule has 1 heterocycles. The number of pyridine rings is 1. The maximum atomic E-state index is 6.16. The molecule has 0 aliphatic heterocycles. The Balaban J connectivity index is 2.89. The SMILES string of the molecule is CCCN(CCC)c1ncc(Br)cc1Cl. The van der Waals surface area contributed by atoms with Gasteiger partial charge in [0.25, 0.3) is 0 Å². The van der Waals surface area contributed by atoms with Gasteiger partial charge in [-0.15, -0.1) is 0 Å². The summed E-state index contributed by atoms with van der Waals surface area (Å²) >= 11 is 9.52. The van der Waals surface area contributed by atoms with Gasteiger partial charge in [0.15, 0.2) is 0 Å². The number of rotatable bonds is 5. The quantitative estimate of drug-likeness (QED) is 0.811. The van der Waals surface area contributed by atoms with Crippen LogP contribution >= 0.6 is 27.5 Å². The molecular weight excluding hydrogens is 275 g/mol. The highest BCUT2D eigenvalue weighted by atomic mass is 79.9. The van der Waals surface area contributed by atoms with Crippen LogP contribution in [0.25, 0.3) is 0 Å². The molecule has 0 spiro atoms. The molecule has 0 saturated carbocycles. The molecule has 0 aromatic carbocycles. The van der Waals surface area contributed by atoms with Crippen LogP contribution in [0.4, 0.5) is 5.82 Å². The van der Waals surface area contributed by atoms with E-state index in [9.17, 15) is 0 Å². The van der Waals surface area contributed by atoms with E-state index in [-0.39, 0.29) is 0 Å². The lowest BCUT2D eigenvalue weighted by Gasteiger charge is -2.23. The van der Waals surface area contributed by atoms with Crippen molar-refractivity contribution in [2.45, 2.75) is 26.7 Å². The summed E-state index contributed by atoms with van der Waals surface area (Å²) in [5.74, 6) is 0.892. The molecule has 0 amide bonds. The van der Waals surface area contributed by atoms with Crippen molar-refractivity contribution in [3.8, 4) is 0 Å². The molecule has 1 aromatic heterocycles. The lowest BCUT2D eigenvalue weighted by atomic mass is 10.3. The summed E-state index contributed by atoms with van der Waals surface area (Å²) in [6.07, 6.45) is 4.00. The number of hydrogen-bond acceptors (Lipinski definition) is 2. The molecule has 0 radical (unpaired) electrons. The van der Waals surface area contributed by atoms with Gasteiger partial charge >= 0.3 is 0 Å². The third-order valence-electron chi connectivity index (χ3n) is 2.07. The van der Waals surface area contributed by atoms with Crippen molar-refractivity contribution in [2.75, 3.05) is 18.0 Å². The van der Waals surface area contributed by atoms with Gasteiger partial charge in [0, 0.05) is 23.8 Å². The van der Waals surface area contributed by atoms with E-state index in [0.717, 1.165) is 36.2 Å². The molecule has 4 heteroatoms.